The van der Waals surface area contributed by atoms with Crippen molar-refractivity contribution in [2.45, 2.75) is 13.8 Å². The fourth-order valence-corrected chi connectivity index (χ4v) is 2.40. The molecule has 2 rings (SSSR count). The summed E-state index contributed by atoms with van der Waals surface area (Å²) in [5.41, 5.74) is 7.47. The van der Waals surface area contributed by atoms with E-state index in [-0.39, 0.29) is 11.6 Å². The van der Waals surface area contributed by atoms with Crippen molar-refractivity contribution in [1.82, 2.24) is 0 Å². The molecule has 150 valence electrons. The van der Waals surface area contributed by atoms with Crippen LogP contribution >= 0.6 is 0 Å². The maximum Gasteiger partial charge on any atom is 0.269 e. The van der Waals surface area contributed by atoms with Crippen molar-refractivity contribution >= 4 is 23.0 Å². The van der Waals surface area contributed by atoms with Crippen molar-refractivity contribution < 1.29 is 14.4 Å². The number of rotatable bonds is 10. The SMILES string of the molecule is CCOc1ccc(OCC)c(NC(N)=NCCNc2ccc([N+](=O)[O-])cc2)c1. The van der Waals surface area contributed by atoms with Gasteiger partial charge in [0.1, 0.15) is 11.5 Å². The summed E-state index contributed by atoms with van der Waals surface area (Å²) in [6.45, 7) is 5.85. The van der Waals surface area contributed by atoms with Gasteiger partial charge in [-0.25, -0.2) is 0 Å². The summed E-state index contributed by atoms with van der Waals surface area (Å²) in [6.07, 6.45) is 0. The minimum atomic E-state index is -0.433. The number of non-ortho nitro benzene ring substituents is 1. The molecule has 4 N–H and O–H groups in total. The number of nitrogens with one attached hydrogen (secondary N) is 2. The van der Waals surface area contributed by atoms with Gasteiger partial charge in [-0.05, 0) is 38.1 Å². The van der Waals surface area contributed by atoms with E-state index in [1.807, 2.05) is 32.0 Å². The first-order valence-corrected chi connectivity index (χ1v) is 8.98. The fourth-order valence-electron chi connectivity index (χ4n) is 2.40. The van der Waals surface area contributed by atoms with Crippen molar-refractivity contribution in [2.75, 3.05) is 36.9 Å². The number of hydrogen-bond acceptors (Lipinski definition) is 6. The second-order valence-electron chi connectivity index (χ2n) is 5.65. The minimum Gasteiger partial charge on any atom is -0.494 e. The number of hydrogen-bond donors (Lipinski definition) is 3. The number of guanidine groups is 1. The second kappa shape index (κ2) is 10.6. The lowest BCUT2D eigenvalue weighted by molar-refractivity contribution is -0.384. The molecule has 0 aromatic heterocycles. The fraction of sp³-hybridized carbons (Fsp3) is 0.316. The molecule has 28 heavy (non-hydrogen) atoms. The molecule has 0 radical (unpaired) electrons. The molecule has 0 aliphatic carbocycles. The van der Waals surface area contributed by atoms with Gasteiger partial charge in [0.15, 0.2) is 5.96 Å². The molecule has 0 aliphatic heterocycles. The van der Waals surface area contributed by atoms with Crippen LogP contribution in [0.4, 0.5) is 17.1 Å². The molecule has 0 saturated heterocycles. The zero-order chi connectivity index (χ0) is 20.4. The number of anilines is 2. The van der Waals surface area contributed by atoms with Crippen LogP contribution in [0.1, 0.15) is 13.8 Å². The zero-order valence-corrected chi connectivity index (χ0v) is 16.0. The first-order chi connectivity index (χ1) is 13.5. The van der Waals surface area contributed by atoms with Gasteiger partial charge in [0.05, 0.1) is 30.4 Å². The molecule has 9 nitrogen and oxygen atoms in total. The Labute approximate surface area is 163 Å². The number of nitro groups is 1. The Morgan fingerprint density at radius 2 is 1.86 bits per heavy atom. The topological polar surface area (TPSA) is 124 Å². The largest absolute Gasteiger partial charge is 0.494 e. The smallest absolute Gasteiger partial charge is 0.269 e. The second-order valence-corrected chi connectivity index (χ2v) is 5.65. The summed E-state index contributed by atoms with van der Waals surface area (Å²) < 4.78 is 11.1. The first-order valence-electron chi connectivity index (χ1n) is 8.98. The molecule has 2 aromatic carbocycles. The van der Waals surface area contributed by atoms with Gasteiger partial charge in [-0.15, -0.1) is 0 Å². The Bertz CT molecular complexity index is 808. The third-order valence-corrected chi connectivity index (χ3v) is 3.63. The van der Waals surface area contributed by atoms with E-state index in [1.165, 1.54) is 12.1 Å². The first kappa shape index (κ1) is 20.8. The lowest BCUT2D eigenvalue weighted by Crippen LogP contribution is -2.24. The van der Waals surface area contributed by atoms with E-state index < -0.39 is 4.92 Å². The van der Waals surface area contributed by atoms with E-state index >= 15 is 0 Å². The molecule has 0 unspecified atom stereocenters. The number of benzene rings is 2. The molecular weight excluding hydrogens is 362 g/mol. The predicted octanol–water partition coefficient (Wildman–Crippen LogP) is 3.23. The molecule has 2 aromatic rings. The van der Waals surface area contributed by atoms with Crippen LogP contribution in [-0.2, 0) is 0 Å². The highest BCUT2D eigenvalue weighted by atomic mass is 16.6. The van der Waals surface area contributed by atoms with Gasteiger partial charge in [-0.1, -0.05) is 0 Å². The van der Waals surface area contributed by atoms with Gasteiger partial charge in [0, 0.05) is 30.4 Å². The third-order valence-electron chi connectivity index (χ3n) is 3.63. The number of ether oxygens (including phenoxy) is 2. The van der Waals surface area contributed by atoms with E-state index in [0.717, 1.165) is 5.69 Å². The normalized spacial score (nSPS) is 11.0. The molecule has 9 heteroatoms. The Hall–Kier alpha value is -3.49. The summed E-state index contributed by atoms with van der Waals surface area (Å²) in [4.78, 5) is 14.5. The molecule has 0 fully saturated rings. The molecule has 0 heterocycles. The monoisotopic (exact) mass is 387 g/mol. The molecule has 0 atom stereocenters. The number of nitro benzene ring substituents is 1. The Morgan fingerprint density at radius 1 is 1.14 bits per heavy atom. The van der Waals surface area contributed by atoms with Gasteiger partial charge in [0.2, 0.25) is 0 Å². The predicted molar refractivity (Wildman–Crippen MR) is 110 cm³/mol. The van der Waals surface area contributed by atoms with E-state index in [4.69, 9.17) is 15.2 Å². The van der Waals surface area contributed by atoms with Gasteiger partial charge >= 0.3 is 0 Å². The average Bonchev–Trinajstić information content (AvgIpc) is 2.68. The third kappa shape index (κ3) is 6.35. The Kier molecular flexibility index (Phi) is 7.89. The summed E-state index contributed by atoms with van der Waals surface area (Å²) in [7, 11) is 0. The van der Waals surface area contributed by atoms with Crippen LogP contribution in [0.5, 0.6) is 11.5 Å². The summed E-state index contributed by atoms with van der Waals surface area (Å²) in [6, 6.07) is 11.7. The van der Waals surface area contributed by atoms with E-state index in [9.17, 15) is 10.1 Å². The van der Waals surface area contributed by atoms with Crippen LogP contribution in [0.15, 0.2) is 47.5 Å². The van der Waals surface area contributed by atoms with Gasteiger partial charge in [0.25, 0.3) is 5.69 Å². The molecule has 0 amide bonds. The number of nitrogens with zero attached hydrogens (tertiary/aromatic N) is 2. The van der Waals surface area contributed by atoms with E-state index in [0.29, 0.717) is 43.5 Å². The van der Waals surface area contributed by atoms with Crippen molar-refractivity contribution in [3.63, 3.8) is 0 Å². The highest BCUT2D eigenvalue weighted by molar-refractivity contribution is 5.94. The summed E-state index contributed by atoms with van der Waals surface area (Å²) in [5.74, 6) is 1.62. The number of nitrogens with two attached hydrogens (primary N) is 1. The van der Waals surface area contributed by atoms with E-state index in [2.05, 4.69) is 15.6 Å². The quantitative estimate of drug-likeness (QED) is 0.188. The van der Waals surface area contributed by atoms with Crippen LogP contribution in [0.25, 0.3) is 0 Å². The highest BCUT2D eigenvalue weighted by Crippen LogP contribution is 2.29. The van der Waals surface area contributed by atoms with Crippen LogP contribution in [0.3, 0.4) is 0 Å². The van der Waals surface area contributed by atoms with Crippen molar-refractivity contribution in [1.29, 1.82) is 0 Å². The number of aliphatic imine (C=N–C) groups is 1. The molecule has 0 aliphatic rings. The average molecular weight is 387 g/mol. The van der Waals surface area contributed by atoms with Crippen molar-refractivity contribution in [3.8, 4) is 11.5 Å². The van der Waals surface area contributed by atoms with Crippen LogP contribution in [0.2, 0.25) is 0 Å². The van der Waals surface area contributed by atoms with Crippen LogP contribution < -0.4 is 25.8 Å². The minimum absolute atomic E-state index is 0.0522. The zero-order valence-electron chi connectivity index (χ0n) is 16.0. The lowest BCUT2D eigenvalue weighted by Gasteiger charge is -2.14. The maximum atomic E-state index is 10.6. The summed E-state index contributed by atoms with van der Waals surface area (Å²) in [5, 5.41) is 16.8. The highest BCUT2D eigenvalue weighted by Gasteiger charge is 2.07. The Balaban J connectivity index is 1.91. The van der Waals surface area contributed by atoms with Gasteiger partial charge < -0.3 is 25.8 Å². The van der Waals surface area contributed by atoms with Crippen molar-refractivity contribution in [2.24, 2.45) is 10.7 Å². The van der Waals surface area contributed by atoms with Gasteiger partial charge in [-0.2, -0.15) is 0 Å². The van der Waals surface area contributed by atoms with Crippen molar-refractivity contribution in [3.05, 3.63) is 52.6 Å². The Morgan fingerprint density at radius 3 is 2.50 bits per heavy atom. The molecule has 0 bridgehead atoms. The lowest BCUT2D eigenvalue weighted by atomic mass is 10.2. The van der Waals surface area contributed by atoms with Crippen LogP contribution in [0, 0.1) is 10.1 Å². The van der Waals surface area contributed by atoms with Gasteiger partial charge in [-0.3, -0.25) is 15.1 Å². The standard InChI is InChI=1S/C19H25N5O4/c1-3-27-16-9-10-18(28-4-2)17(13-16)23-19(20)22-12-11-21-14-5-7-15(8-6-14)24(25)26/h5-10,13,21H,3-4,11-12H2,1-2H3,(H3,20,22,23). The molecule has 0 saturated carbocycles. The molecular formula is C19H25N5O4. The van der Waals surface area contributed by atoms with Crippen LogP contribution in [-0.4, -0.2) is 37.2 Å². The van der Waals surface area contributed by atoms with E-state index in [1.54, 1.807) is 12.1 Å². The molecule has 0 spiro atoms. The summed E-state index contributed by atoms with van der Waals surface area (Å²) >= 11 is 0. The maximum absolute atomic E-state index is 10.6.